The van der Waals surface area contributed by atoms with Gasteiger partial charge in [0.25, 0.3) is 7.82 Å². The Morgan fingerprint density at radius 3 is 2.35 bits per heavy atom. The van der Waals surface area contributed by atoms with Crippen molar-refractivity contribution in [1.29, 1.82) is 0 Å². The maximum atomic E-state index is 10.9. The standard InChI is InChI=1S/C15H26NO6P/c1-13(20-12-14-8-6-5-7-9-14)11-21-15(10-16(2,3)4)22-23(17,18)19/h5-9,13,15H,10-12H2,1-4H3,(H-,17,18,19). The third-order valence-corrected chi connectivity index (χ3v) is 3.34. The lowest BCUT2D eigenvalue weighted by atomic mass is 10.2. The molecule has 1 N–H and O–H groups in total. The van der Waals surface area contributed by atoms with Crippen molar-refractivity contribution >= 4 is 7.82 Å². The number of benzene rings is 1. The van der Waals surface area contributed by atoms with Gasteiger partial charge in [-0.15, -0.1) is 0 Å². The molecule has 7 nitrogen and oxygen atoms in total. The van der Waals surface area contributed by atoms with Gasteiger partial charge >= 0.3 is 0 Å². The van der Waals surface area contributed by atoms with Crippen molar-refractivity contribution in [2.45, 2.75) is 25.9 Å². The Hall–Kier alpha value is -0.790. The molecule has 0 spiro atoms. The first-order chi connectivity index (χ1) is 10.6. The summed E-state index contributed by atoms with van der Waals surface area (Å²) in [6, 6.07) is 9.70. The number of phosphoric acid groups is 1. The fourth-order valence-corrected chi connectivity index (χ4v) is 2.24. The van der Waals surface area contributed by atoms with Crippen molar-refractivity contribution in [3.63, 3.8) is 0 Å². The van der Waals surface area contributed by atoms with Gasteiger partial charge in [-0.2, -0.15) is 0 Å². The highest BCUT2D eigenvalue weighted by molar-refractivity contribution is 7.44. The van der Waals surface area contributed by atoms with Crippen LogP contribution in [0.25, 0.3) is 0 Å². The maximum Gasteiger partial charge on any atom is 0.267 e. The van der Waals surface area contributed by atoms with Gasteiger partial charge in [-0.05, 0) is 12.5 Å². The average Bonchev–Trinajstić information content (AvgIpc) is 2.40. The predicted octanol–water partition coefficient (Wildman–Crippen LogP) is 1.12. The molecule has 3 atom stereocenters. The summed E-state index contributed by atoms with van der Waals surface area (Å²) in [5.41, 5.74) is 1.04. The molecule has 8 heteroatoms. The Morgan fingerprint density at radius 1 is 1.22 bits per heavy atom. The molecular formula is C15H26NO6P. The van der Waals surface area contributed by atoms with Gasteiger partial charge in [0.2, 0.25) is 6.29 Å². The molecule has 0 amide bonds. The maximum absolute atomic E-state index is 10.9. The van der Waals surface area contributed by atoms with E-state index >= 15 is 0 Å². The molecule has 1 aromatic rings. The molecule has 0 aromatic heterocycles. The Balaban J connectivity index is 2.44. The molecule has 132 valence electrons. The van der Waals surface area contributed by atoms with E-state index in [2.05, 4.69) is 4.52 Å². The van der Waals surface area contributed by atoms with Gasteiger partial charge in [-0.25, -0.2) is 0 Å². The lowest BCUT2D eigenvalue weighted by Gasteiger charge is -2.31. The second-order valence-corrected chi connectivity index (χ2v) is 7.56. The number of rotatable bonds is 10. The smallest absolute Gasteiger partial charge is 0.267 e. The second kappa shape index (κ2) is 8.89. The zero-order valence-corrected chi connectivity index (χ0v) is 14.9. The van der Waals surface area contributed by atoms with Gasteiger partial charge in [-0.3, -0.25) is 9.09 Å². The summed E-state index contributed by atoms with van der Waals surface area (Å²) in [6.07, 6.45) is -1.32. The first-order valence-corrected chi connectivity index (χ1v) is 8.84. The third kappa shape index (κ3) is 10.6. The molecular weight excluding hydrogens is 321 g/mol. The normalized spacial score (nSPS) is 17.5. The molecule has 1 rings (SSSR count). The number of hydrogen-bond donors (Lipinski definition) is 1. The van der Waals surface area contributed by atoms with Crippen molar-refractivity contribution in [2.24, 2.45) is 0 Å². The fourth-order valence-electron chi connectivity index (χ4n) is 1.82. The van der Waals surface area contributed by atoms with Crippen LogP contribution in [0.4, 0.5) is 0 Å². The summed E-state index contributed by atoms with van der Waals surface area (Å²) >= 11 is 0. The monoisotopic (exact) mass is 347 g/mol. The molecule has 0 aliphatic rings. The van der Waals surface area contributed by atoms with Crippen molar-refractivity contribution in [1.82, 2.24) is 0 Å². The number of quaternary nitrogens is 1. The first-order valence-electron chi connectivity index (χ1n) is 7.35. The Morgan fingerprint density at radius 2 is 1.83 bits per heavy atom. The molecule has 0 saturated carbocycles. The van der Waals surface area contributed by atoms with E-state index in [1.165, 1.54) is 0 Å². The summed E-state index contributed by atoms with van der Waals surface area (Å²) in [7, 11) is 0.733. The number of ether oxygens (including phenoxy) is 2. The minimum Gasteiger partial charge on any atom is -0.756 e. The molecule has 0 radical (unpaired) electrons. The van der Waals surface area contributed by atoms with Gasteiger partial charge in [-0.1, -0.05) is 30.3 Å². The minimum atomic E-state index is -4.86. The van der Waals surface area contributed by atoms with Gasteiger partial charge in [0.05, 0.1) is 40.5 Å². The second-order valence-electron chi connectivity index (χ2n) is 6.42. The van der Waals surface area contributed by atoms with E-state index in [-0.39, 0.29) is 19.3 Å². The molecule has 0 fully saturated rings. The highest BCUT2D eigenvalue weighted by Gasteiger charge is 2.24. The molecule has 1 aromatic carbocycles. The molecule has 0 heterocycles. The lowest BCUT2D eigenvalue weighted by Crippen LogP contribution is -2.44. The summed E-state index contributed by atoms with van der Waals surface area (Å²) in [5, 5.41) is 0. The minimum absolute atomic E-state index is 0.150. The van der Waals surface area contributed by atoms with Crippen molar-refractivity contribution in [3.8, 4) is 0 Å². The van der Waals surface area contributed by atoms with Gasteiger partial charge in [0.15, 0.2) is 0 Å². The van der Waals surface area contributed by atoms with Crippen LogP contribution in [0.5, 0.6) is 0 Å². The first kappa shape index (κ1) is 20.3. The van der Waals surface area contributed by atoms with E-state index in [1.54, 1.807) is 0 Å². The molecule has 3 unspecified atom stereocenters. The SMILES string of the molecule is CC(COC(C[N+](C)(C)C)OP(=O)([O-])O)OCc1ccccc1. The quantitative estimate of drug-likeness (QED) is 0.388. The van der Waals surface area contributed by atoms with Crippen LogP contribution >= 0.6 is 7.82 Å². The molecule has 23 heavy (non-hydrogen) atoms. The Labute approximate surface area is 137 Å². The number of phosphoric ester groups is 1. The molecule has 0 bridgehead atoms. The van der Waals surface area contributed by atoms with Gasteiger partial charge < -0.3 is 23.7 Å². The third-order valence-electron chi connectivity index (χ3n) is 2.84. The predicted molar refractivity (Wildman–Crippen MR) is 84.2 cm³/mol. The van der Waals surface area contributed by atoms with Crippen LogP contribution in [0.3, 0.4) is 0 Å². The lowest BCUT2D eigenvalue weighted by molar-refractivity contribution is -0.876. The molecule has 0 aliphatic heterocycles. The van der Waals surface area contributed by atoms with Crippen molar-refractivity contribution < 1.29 is 32.8 Å². The van der Waals surface area contributed by atoms with E-state index < -0.39 is 14.1 Å². The summed E-state index contributed by atoms with van der Waals surface area (Å²) in [6.45, 7) is 2.67. The number of hydrogen-bond acceptors (Lipinski definition) is 5. The van der Waals surface area contributed by atoms with Crippen molar-refractivity contribution in [3.05, 3.63) is 35.9 Å². The van der Waals surface area contributed by atoms with Gasteiger partial charge in [0, 0.05) is 0 Å². The molecule has 0 aliphatic carbocycles. The fraction of sp³-hybridized carbons (Fsp3) is 0.600. The number of nitrogens with zero attached hydrogens (tertiary/aromatic N) is 1. The topological polar surface area (TPSA) is 88.1 Å². The summed E-state index contributed by atoms with van der Waals surface area (Å²) in [5.74, 6) is 0. The Bertz CT molecular complexity index is 498. The van der Waals surface area contributed by atoms with E-state index in [0.717, 1.165) is 5.56 Å². The largest absolute Gasteiger partial charge is 0.756 e. The number of likely N-dealkylation sites (N-methyl/N-ethyl adjacent to an activating group) is 1. The van der Waals surface area contributed by atoms with E-state index in [1.807, 2.05) is 58.4 Å². The van der Waals surface area contributed by atoms with Crippen LogP contribution in [0.2, 0.25) is 0 Å². The summed E-state index contributed by atoms with van der Waals surface area (Å²) < 4.78 is 27.0. The highest BCUT2D eigenvalue weighted by Crippen LogP contribution is 2.33. The zero-order valence-electron chi connectivity index (χ0n) is 14.0. The average molecular weight is 347 g/mol. The van der Waals surface area contributed by atoms with E-state index in [0.29, 0.717) is 11.1 Å². The van der Waals surface area contributed by atoms with E-state index in [4.69, 9.17) is 14.4 Å². The van der Waals surface area contributed by atoms with Crippen LogP contribution in [0.15, 0.2) is 30.3 Å². The highest BCUT2D eigenvalue weighted by atomic mass is 31.2. The van der Waals surface area contributed by atoms with Crippen LogP contribution in [-0.2, 0) is 25.2 Å². The van der Waals surface area contributed by atoms with Crippen LogP contribution in [0, 0.1) is 0 Å². The van der Waals surface area contributed by atoms with Crippen LogP contribution in [0.1, 0.15) is 12.5 Å². The zero-order chi connectivity index (χ0) is 17.5. The van der Waals surface area contributed by atoms with Crippen molar-refractivity contribution in [2.75, 3.05) is 34.3 Å². The van der Waals surface area contributed by atoms with Crippen LogP contribution < -0.4 is 4.89 Å². The summed E-state index contributed by atoms with van der Waals surface area (Å²) in [4.78, 5) is 19.8. The van der Waals surface area contributed by atoms with Crippen LogP contribution in [-0.4, -0.2) is 56.1 Å². The molecule has 0 saturated heterocycles. The Kier molecular flexibility index (Phi) is 7.83. The van der Waals surface area contributed by atoms with E-state index in [9.17, 15) is 9.46 Å². The van der Waals surface area contributed by atoms with Gasteiger partial charge in [0.1, 0.15) is 6.54 Å².